The van der Waals surface area contributed by atoms with Gasteiger partial charge in [0.2, 0.25) is 0 Å². The van der Waals surface area contributed by atoms with Crippen LogP contribution in [-0.2, 0) is 14.3 Å². The summed E-state index contributed by atoms with van der Waals surface area (Å²) in [5, 5.41) is 2.67. The number of likely N-dealkylation sites (tertiary alicyclic amines) is 1. The summed E-state index contributed by atoms with van der Waals surface area (Å²) in [5.41, 5.74) is 0.678. The number of carbonyl (C=O) groups excluding carboxylic acids is 2. The van der Waals surface area contributed by atoms with Crippen molar-refractivity contribution >= 4 is 17.7 Å². The van der Waals surface area contributed by atoms with Gasteiger partial charge in [0, 0.05) is 18.7 Å². The molecule has 1 unspecified atom stereocenters. The molecule has 1 fully saturated rings. The smallest absolute Gasteiger partial charge is 0.411 e. The van der Waals surface area contributed by atoms with Gasteiger partial charge in [0.15, 0.2) is 0 Å². The quantitative estimate of drug-likeness (QED) is 0.844. The number of ether oxygens (including phenoxy) is 2. The van der Waals surface area contributed by atoms with Gasteiger partial charge in [-0.3, -0.25) is 15.0 Å². The molecule has 0 saturated carbocycles. The van der Waals surface area contributed by atoms with Crippen molar-refractivity contribution in [3.63, 3.8) is 0 Å². The van der Waals surface area contributed by atoms with Crippen LogP contribution in [0.25, 0.3) is 0 Å². The van der Waals surface area contributed by atoms with Gasteiger partial charge >= 0.3 is 12.1 Å². The molecule has 0 radical (unpaired) electrons. The molecule has 23 heavy (non-hydrogen) atoms. The fourth-order valence-electron chi connectivity index (χ4n) is 2.48. The average Bonchev–Trinajstić information content (AvgIpc) is 2.86. The van der Waals surface area contributed by atoms with E-state index in [0.29, 0.717) is 31.2 Å². The average molecular weight is 320 g/mol. The molecule has 0 spiro atoms. The summed E-state index contributed by atoms with van der Waals surface area (Å²) in [6, 6.07) is 8.75. The van der Waals surface area contributed by atoms with E-state index in [4.69, 9.17) is 9.47 Å². The Balaban J connectivity index is 1.81. The summed E-state index contributed by atoms with van der Waals surface area (Å²) >= 11 is 0. The molecule has 2 rings (SSSR count). The second-order valence-electron chi connectivity index (χ2n) is 6.23. The summed E-state index contributed by atoms with van der Waals surface area (Å²) in [5.74, 6) is 0.0464. The number of nitrogens with one attached hydrogen (secondary N) is 1. The fraction of sp³-hybridized carbons (Fsp3) is 0.529. The van der Waals surface area contributed by atoms with Crippen LogP contribution in [0, 0.1) is 5.92 Å². The Bertz CT molecular complexity index is 533. The normalized spacial score (nSPS) is 21.2. The van der Waals surface area contributed by atoms with E-state index in [9.17, 15) is 9.59 Å². The highest BCUT2D eigenvalue weighted by atomic mass is 16.6. The van der Waals surface area contributed by atoms with Gasteiger partial charge in [-0.25, -0.2) is 4.79 Å². The standard InChI is InChI=1S/C17H24N2O4/c1-12(2)11-22-16(20)15-9-14(10-19(15)3)23-17(21)18-13-7-5-4-6-8-13/h4-8,12,14-15H,9-11H2,1-3H3,(H,18,21)/t14?,15-/m0/s1. The van der Waals surface area contributed by atoms with Crippen molar-refractivity contribution in [1.29, 1.82) is 0 Å². The Morgan fingerprint density at radius 1 is 1.30 bits per heavy atom. The number of hydrogen-bond acceptors (Lipinski definition) is 5. The molecule has 1 amide bonds. The summed E-state index contributed by atoms with van der Waals surface area (Å²) in [7, 11) is 1.83. The second kappa shape index (κ2) is 7.97. The lowest BCUT2D eigenvalue weighted by Gasteiger charge is -2.17. The van der Waals surface area contributed by atoms with E-state index < -0.39 is 6.09 Å². The number of para-hydroxylation sites is 1. The van der Waals surface area contributed by atoms with Crippen LogP contribution in [0.15, 0.2) is 30.3 Å². The lowest BCUT2D eigenvalue weighted by Crippen LogP contribution is -2.34. The zero-order valence-electron chi connectivity index (χ0n) is 13.8. The van der Waals surface area contributed by atoms with Crippen molar-refractivity contribution in [1.82, 2.24) is 4.90 Å². The Hall–Kier alpha value is -2.08. The first-order valence-electron chi connectivity index (χ1n) is 7.85. The Kier molecular flexibility index (Phi) is 5.98. The maximum absolute atomic E-state index is 12.1. The predicted octanol–water partition coefficient (Wildman–Crippen LogP) is 2.51. The zero-order chi connectivity index (χ0) is 16.8. The number of amides is 1. The predicted molar refractivity (Wildman–Crippen MR) is 87.2 cm³/mol. The first-order valence-corrected chi connectivity index (χ1v) is 7.85. The topological polar surface area (TPSA) is 67.9 Å². The van der Waals surface area contributed by atoms with E-state index in [1.165, 1.54) is 0 Å². The van der Waals surface area contributed by atoms with Gasteiger partial charge in [0.1, 0.15) is 12.1 Å². The van der Waals surface area contributed by atoms with Crippen LogP contribution < -0.4 is 5.32 Å². The minimum atomic E-state index is -0.509. The molecule has 1 aromatic rings. The molecule has 6 nitrogen and oxygen atoms in total. The van der Waals surface area contributed by atoms with Crippen LogP contribution in [0.1, 0.15) is 20.3 Å². The van der Waals surface area contributed by atoms with Gasteiger partial charge in [-0.1, -0.05) is 32.0 Å². The molecule has 126 valence electrons. The molecule has 0 aliphatic carbocycles. The molecule has 1 aliphatic rings. The molecule has 0 aromatic heterocycles. The Labute approximate surface area is 136 Å². The minimum Gasteiger partial charge on any atom is -0.464 e. The van der Waals surface area contributed by atoms with Gasteiger partial charge in [0.05, 0.1) is 6.61 Å². The van der Waals surface area contributed by atoms with Crippen molar-refractivity contribution < 1.29 is 19.1 Å². The number of rotatable bonds is 5. The highest BCUT2D eigenvalue weighted by Gasteiger charge is 2.37. The van der Waals surface area contributed by atoms with E-state index in [1.54, 1.807) is 12.1 Å². The van der Waals surface area contributed by atoms with Crippen LogP contribution in [0.4, 0.5) is 10.5 Å². The van der Waals surface area contributed by atoms with Gasteiger partial charge in [-0.2, -0.15) is 0 Å². The number of carbonyl (C=O) groups is 2. The van der Waals surface area contributed by atoms with Crippen LogP contribution in [-0.4, -0.2) is 49.3 Å². The van der Waals surface area contributed by atoms with E-state index >= 15 is 0 Å². The minimum absolute atomic E-state index is 0.254. The van der Waals surface area contributed by atoms with Crippen molar-refractivity contribution in [2.24, 2.45) is 5.92 Å². The highest BCUT2D eigenvalue weighted by Crippen LogP contribution is 2.20. The summed E-state index contributed by atoms with van der Waals surface area (Å²) in [6.07, 6.45) is -0.374. The van der Waals surface area contributed by atoms with Crippen molar-refractivity contribution in [3.8, 4) is 0 Å². The van der Waals surface area contributed by atoms with E-state index in [-0.39, 0.29) is 18.1 Å². The SMILES string of the molecule is CC(C)COC(=O)[C@@H]1CC(OC(=O)Nc2ccccc2)CN1C. The maximum atomic E-state index is 12.1. The van der Waals surface area contributed by atoms with Crippen LogP contribution in [0.2, 0.25) is 0 Å². The molecule has 1 heterocycles. The van der Waals surface area contributed by atoms with Crippen LogP contribution >= 0.6 is 0 Å². The zero-order valence-corrected chi connectivity index (χ0v) is 13.8. The third-order valence-electron chi connectivity index (χ3n) is 3.63. The molecular weight excluding hydrogens is 296 g/mol. The second-order valence-corrected chi connectivity index (χ2v) is 6.23. The highest BCUT2D eigenvalue weighted by molar-refractivity contribution is 5.84. The summed E-state index contributed by atoms with van der Waals surface area (Å²) in [4.78, 5) is 25.8. The first kappa shape index (κ1) is 17.3. The molecule has 1 N–H and O–H groups in total. The molecule has 0 bridgehead atoms. The third kappa shape index (κ3) is 5.25. The van der Waals surface area contributed by atoms with Crippen LogP contribution in [0.3, 0.4) is 0 Å². The lowest BCUT2D eigenvalue weighted by molar-refractivity contribution is -0.149. The lowest BCUT2D eigenvalue weighted by atomic mass is 10.2. The van der Waals surface area contributed by atoms with E-state index in [2.05, 4.69) is 5.32 Å². The number of esters is 1. The largest absolute Gasteiger partial charge is 0.464 e. The van der Waals surface area contributed by atoms with Gasteiger partial charge in [-0.15, -0.1) is 0 Å². The van der Waals surface area contributed by atoms with Gasteiger partial charge < -0.3 is 9.47 Å². The molecule has 2 atom stereocenters. The van der Waals surface area contributed by atoms with Crippen molar-refractivity contribution in [2.75, 3.05) is 25.5 Å². The van der Waals surface area contributed by atoms with Crippen LogP contribution in [0.5, 0.6) is 0 Å². The van der Waals surface area contributed by atoms with E-state index in [1.807, 2.05) is 44.0 Å². The van der Waals surface area contributed by atoms with Gasteiger partial charge in [-0.05, 0) is 25.1 Å². The van der Waals surface area contributed by atoms with Gasteiger partial charge in [0.25, 0.3) is 0 Å². The number of likely N-dealkylation sites (N-methyl/N-ethyl adjacent to an activating group) is 1. The first-order chi connectivity index (χ1) is 11.0. The monoisotopic (exact) mass is 320 g/mol. The van der Waals surface area contributed by atoms with Crippen molar-refractivity contribution in [2.45, 2.75) is 32.4 Å². The third-order valence-corrected chi connectivity index (χ3v) is 3.63. The molecule has 1 aliphatic heterocycles. The number of anilines is 1. The van der Waals surface area contributed by atoms with E-state index in [0.717, 1.165) is 0 Å². The molecule has 1 aromatic carbocycles. The Morgan fingerprint density at radius 2 is 2.00 bits per heavy atom. The number of nitrogens with zero attached hydrogens (tertiary/aromatic N) is 1. The summed E-state index contributed by atoms with van der Waals surface area (Å²) < 4.78 is 10.7. The number of hydrogen-bond donors (Lipinski definition) is 1. The molecule has 6 heteroatoms. The summed E-state index contributed by atoms with van der Waals surface area (Å²) in [6.45, 7) is 4.91. The maximum Gasteiger partial charge on any atom is 0.411 e. The van der Waals surface area contributed by atoms with Crippen molar-refractivity contribution in [3.05, 3.63) is 30.3 Å². The molecular formula is C17H24N2O4. The number of benzene rings is 1. The fourth-order valence-corrected chi connectivity index (χ4v) is 2.48. The molecule has 1 saturated heterocycles. The Morgan fingerprint density at radius 3 is 2.65 bits per heavy atom.